The van der Waals surface area contributed by atoms with Crippen molar-refractivity contribution in [1.29, 1.82) is 0 Å². The van der Waals surface area contributed by atoms with E-state index in [4.69, 9.17) is 9.47 Å². The largest absolute Gasteiger partial charge is 0.464 e. The van der Waals surface area contributed by atoms with Gasteiger partial charge in [-0.05, 0) is 68.2 Å². The average molecular weight is 395 g/mol. The van der Waals surface area contributed by atoms with Crippen molar-refractivity contribution in [3.63, 3.8) is 0 Å². The van der Waals surface area contributed by atoms with E-state index in [1.165, 1.54) is 43.2 Å². The lowest BCUT2D eigenvalue weighted by molar-refractivity contribution is -0.132. The molecule has 0 aliphatic heterocycles. The monoisotopic (exact) mass is 394 g/mol. The highest BCUT2D eigenvalue weighted by Crippen LogP contribution is 2.33. The Balaban J connectivity index is 1.76. The Morgan fingerprint density at radius 3 is 2.21 bits per heavy atom. The van der Waals surface area contributed by atoms with Gasteiger partial charge in [0.25, 0.3) is 0 Å². The van der Waals surface area contributed by atoms with Crippen LogP contribution in [0.3, 0.4) is 0 Å². The van der Waals surface area contributed by atoms with E-state index in [0.717, 1.165) is 18.8 Å². The summed E-state index contributed by atoms with van der Waals surface area (Å²) in [6.45, 7) is 9.73. The van der Waals surface area contributed by atoms with E-state index in [1.807, 2.05) is 0 Å². The predicted octanol–water partition coefficient (Wildman–Crippen LogP) is 7.48. The van der Waals surface area contributed by atoms with E-state index in [-0.39, 0.29) is 11.7 Å². The molecule has 0 spiro atoms. The predicted molar refractivity (Wildman–Crippen MR) is 122 cm³/mol. The Hall–Kier alpha value is -1.80. The van der Waals surface area contributed by atoms with Gasteiger partial charge >= 0.3 is 0 Å². The highest BCUT2D eigenvalue weighted by molar-refractivity contribution is 5.30. The molecule has 0 N–H and O–H groups in total. The van der Waals surface area contributed by atoms with Gasteiger partial charge in [-0.2, -0.15) is 0 Å². The molecule has 2 atom stereocenters. The molecule has 1 aliphatic rings. The first-order chi connectivity index (χ1) is 14.0. The zero-order chi connectivity index (χ0) is 20.7. The molecule has 158 valence electrons. The van der Waals surface area contributed by atoms with Crippen LogP contribution in [0.2, 0.25) is 0 Å². The van der Waals surface area contributed by atoms with E-state index in [2.05, 4.69) is 82.3 Å². The van der Waals surface area contributed by atoms with Gasteiger partial charge in [-0.3, -0.25) is 0 Å². The van der Waals surface area contributed by atoms with Crippen LogP contribution in [0.5, 0.6) is 5.75 Å². The van der Waals surface area contributed by atoms with Gasteiger partial charge < -0.3 is 9.47 Å². The van der Waals surface area contributed by atoms with Gasteiger partial charge in [0.2, 0.25) is 6.29 Å². The molecule has 0 amide bonds. The van der Waals surface area contributed by atoms with Crippen LogP contribution < -0.4 is 4.74 Å². The summed E-state index contributed by atoms with van der Waals surface area (Å²) in [4.78, 5) is 0. The number of hydrogen-bond donors (Lipinski definition) is 0. The third kappa shape index (κ3) is 5.85. The number of benzene rings is 2. The maximum absolute atomic E-state index is 6.48. The molecule has 2 aromatic carbocycles. The molecular formula is C27H38O2. The van der Waals surface area contributed by atoms with E-state index in [0.29, 0.717) is 11.8 Å². The van der Waals surface area contributed by atoms with E-state index < -0.39 is 0 Å². The van der Waals surface area contributed by atoms with Gasteiger partial charge in [-0.25, -0.2) is 0 Å². The van der Waals surface area contributed by atoms with E-state index >= 15 is 0 Å². The van der Waals surface area contributed by atoms with Crippen LogP contribution in [0.15, 0.2) is 54.6 Å². The van der Waals surface area contributed by atoms with Gasteiger partial charge in [-0.15, -0.1) is 0 Å². The fourth-order valence-electron chi connectivity index (χ4n) is 4.20. The van der Waals surface area contributed by atoms with Crippen LogP contribution in [0.25, 0.3) is 0 Å². The summed E-state index contributed by atoms with van der Waals surface area (Å²) >= 11 is 0. The molecule has 2 unspecified atom stereocenters. The normalized spacial score (nSPS) is 17.7. The molecule has 1 saturated carbocycles. The second-order valence-corrected chi connectivity index (χ2v) is 9.25. The minimum absolute atomic E-state index is 0.245. The highest BCUT2D eigenvalue weighted by atomic mass is 16.7. The molecule has 2 heteroatoms. The van der Waals surface area contributed by atoms with Crippen molar-refractivity contribution < 1.29 is 9.47 Å². The first kappa shape index (κ1) is 21.9. The van der Waals surface area contributed by atoms with Crippen molar-refractivity contribution in [1.82, 2.24) is 0 Å². The fourth-order valence-corrected chi connectivity index (χ4v) is 4.20. The summed E-state index contributed by atoms with van der Waals surface area (Å²) in [5.41, 5.74) is 2.36. The van der Waals surface area contributed by atoms with Crippen molar-refractivity contribution >= 4 is 0 Å². The Morgan fingerprint density at radius 2 is 1.59 bits per heavy atom. The van der Waals surface area contributed by atoms with Crippen molar-refractivity contribution in [2.75, 3.05) is 6.61 Å². The molecule has 1 aliphatic carbocycles. The molecule has 0 bridgehead atoms. The number of rotatable bonds is 9. The SMILES string of the molecule is CCC(C)c1ccc(OC(OCC2CCCCC2)C(C)(C)c2ccccc2)cc1. The zero-order valence-electron chi connectivity index (χ0n) is 18.7. The van der Waals surface area contributed by atoms with Crippen LogP contribution >= 0.6 is 0 Å². The van der Waals surface area contributed by atoms with Gasteiger partial charge in [0.1, 0.15) is 5.75 Å². The van der Waals surface area contributed by atoms with Crippen molar-refractivity contribution in [3.05, 3.63) is 65.7 Å². The summed E-state index contributed by atoms with van der Waals surface area (Å²) in [5.74, 6) is 2.12. The third-order valence-corrected chi connectivity index (χ3v) is 6.62. The maximum atomic E-state index is 6.48. The Kier molecular flexibility index (Phi) is 7.77. The highest BCUT2D eigenvalue weighted by Gasteiger charge is 2.35. The fraction of sp³-hybridized carbons (Fsp3) is 0.556. The van der Waals surface area contributed by atoms with Crippen molar-refractivity contribution in [2.45, 2.75) is 83.8 Å². The first-order valence-corrected chi connectivity index (χ1v) is 11.4. The minimum Gasteiger partial charge on any atom is -0.464 e. The summed E-state index contributed by atoms with van der Waals surface area (Å²) < 4.78 is 13.0. The Labute approximate surface area is 177 Å². The van der Waals surface area contributed by atoms with E-state index in [9.17, 15) is 0 Å². The first-order valence-electron chi connectivity index (χ1n) is 11.4. The van der Waals surface area contributed by atoms with Crippen molar-refractivity contribution in [3.8, 4) is 5.75 Å². The number of hydrogen-bond acceptors (Lipinski definition) is 2. The lowest BCUT2D eigenvalue weighted by Crippen LogP contribution is -2.41. The molecule has 0 heterocycles. The molecule has 0 radical (unpaired) electrons. The molecular weight excluding hydrogens is 356 g/mol. The number of ether oxygens (including phenoxy) is 2. The van der Waals surface area contributed by atoms with Gasteiger partial charge in [0.15, 0.2) is 0 Å². The quantitative estimate of drug-likeness (QED) is 0.410. The molecule has 1 fully saturated rings. The lowest BCUT2D eigenvalue weighted by Gasteiger charge is -2.36. The van der Waals surface area contributed by atoms with Crippen LogP contribution in [0.1, 0.15) is 83.3 Å². The standard InChI is InChI=1S/C27H38O2/c1-5-21(2)23-16-18-25(19-17-23)29-26(28-20-22-12-8-6-9-13-22)27(3,4)24-14-10-7-11-15-24/h7,10-11,14-19,21-22,26H,5-6,8-9,12-13,20H2,1-4H3. The maximum Gasteiger partial charge on any atom is 0.209 e. The van der Waals surface area contributed by atoms with Gasteiger partial charge in [0.05, 0.1) is 12.0 Å². The van der Waals surface area contributed by atoms with Crippen molar-refractivity contribution in [2.24, 2.45) is 5.92 Å². The Bertz CT molecular complexity index is 714. The second kappa shape index (κ2) is 10.3. The van der Waals surface area contributed by atoms with Crippen LogP contribution in [0, 0.1) is 5.92 Å². The zero-order valence-corrected chi connectivity index (χ0v) is 18.7. The van der Waals surface area contributed by atoms with E-state index in [1.54, 1.807) is 0 Å². The molecule has 3 rings (SSSR count). The molecule has 29 heavy (non-hydrogen) atoms. The topological polar surface area (TPSA) is 18.5 Å². The minimum atomic E-state index is -0.318. The summed E-state index contributed by atoms with van der Waals surface area (Å²) in [6.07, 6.45) is 7.42. The lowest BCUT2D eigenvalue weighted by atomic mass is 9.83. The molecule has 0 saturated heterocycles. The van der Waals surface area contributed by atoms with Gasteiger partial charge in [-0.1, -0.05) is 75.6 Å². The third-order valence-electron chi connectivity index (χ3n) is 6.62. The smallest absolute Gasteiger partial charge is 0.209 e. The molecule has 0 aromatic heterocycles. The van der Waals surface area contributed by atoms with Gasteiger partial charge in [0, 0.05) is 0 Å². The molecule has 2 nitrogen and oxygen atoms in total. The summed E-state index contributed by atoms with van der Waals surface area (Å²) in [7, 11) is 0. The summed E-state index contributed by atoms with van der Waals surface area (Å²) in [5, 5.41) is 0. The van der Waals surface area contributed by atoms with Crippen LogP contribution in [-0.4, -0.2) is 12.9 Å². The Morgan fingerprint density at radius 1 is 0.931 bits per heavy atom. The second-order valence-electron chi connectivity index (χ2n) is 9.25. The average Bonchev–Trinajstić information content (AvgIpc) is 2.77. The van der Waals surface area contributed by atoms with Crippen LogP contribution in [-0.2, 0) is 10.2 Å². The molecule has 2 aromatic rings. The van der Waals surface area contributed by atoms with Crippen LogP contribution in [0.4, 0.5) is 0 Å². The summed E-state index contributed by atoms with van der Waals surface area (Å²) in [6, 6.07) is 19.2.